The number of benzene rings is 7. The fraction of sp³-hybridized carbons (Fsp3) is 0.150. The van der Waals surface area contributed by atoms with Crippen molar-refractivity contribution in [3.05, 3.63) is 209 Å². The first kappa shape index (κ1) is 42.4. The summed E-state index contributed by atoms with van der Waals surface area (Å²) in [5.41, 5.74) is 16.6. The van der Waals surface area contributed by atoms with Crippen LogP contribution < -0.4 is 4.74 Å². The zero-order valence-electron chi connectivity index (χ0n) is 38.5. The van der Waals surface area contributed by atoms with Gasteiger partial charge in [0.1, 0.15) is 17.3 Å². The van der Waals surface area contributed by atoms with Crippen LogP contribution in [0.4, 0.5) is 0 Å². The van der Waals surface area contributed by atoms with Crippen molar-refractivity contribution in [3.63, 3.8) is 0 Å². The summed E-state index contributed by atoms with van der Waals surface area (Å²) in [6.07, 6.45) is 4.95. The van der Waals surface area contributed by atoms with Crippen LogP contribution in [0.1, 0.15) is 67.3 Å². The van der Waals surface area contributed by atoms with Gasteiger partial charge in [-0.05, 0) is 164 Å². The summed E-state index contributed by atoms with van der Waals surface area (Å²) in [4.78, 5) is 4.89. The molecule has 2 unspecified atom stereocenters. The lowest BCUT2D eigenvalue weighted by molar-refractivity contribution is 0.415. The number of nitrogens with zero attached hydrogens (tertiary/aromatic N) is 4. The van der Waals surface area contributed by atoms with Crippen molar-refractivity contribution in [1.29, 1.82) is 0 Å². The molecule has 0 amide bonds. The molecule has 0 saturated carbocycles. The predicted molar refractivity (Wildman–Crippen MR) is 274 cm³/mol. The maximum atomic E-state index is 10.2. The van der Waals surface area contributed by atoms with E-state index in [0.29, 0.717) is 23.6 Å². The van der Waals surface area contributed by atoms with Crippen LogP contribution in [0.25, 0.3) is 72.9 Å². The molecule has 9 aromatic rings. The Kier molecular flexibility index (Phi) is 10.9. The molecule has 11 rings (SSSR count). The summed E-state index contributed by atoms with van der Waals surface area (Å²) in [6, 6.07) is 54.2. The number of ether oxygens (including phenoxy) is 2. The Balaban J connectivity index is 0.869. The highest BCUT2D eigenvalue weighted by Gasteiger charge is 2.26. The van der Waals surface area contributed by atoms with Crippen LogP contribution in [0.3, 0.4) is 0 Å². The van der Waals surface area contributed by atoms with Crippen LogP contribution in [-0.2, 0) is 11.2 Å². The summed E-state index contributed by atoms with van der Waals surface area (Å²) < 4.78 is 20.3. The molecular formula is C60H50N4O4. The van der Waals surface area contributed by atoms with Gasteiger partial charge >= 0.3 is 0 Å². The zero-order valence-corrected chi connectivity index (χ0v) is 38.5. The summed E-state index contributed by atoms with van der Waals surface area (Å²) in [6.45, 7) is 10.6. The number of aryl methyl sites for hydroxylation is 1. The second-order valence-corrected chi connectivity index (χ2v) is 17.9. The Labute approximate surface area is 395 Å². The van der Waals surface area contributed by atoms with E-state index in [0.717, 1.165) is 80.9 Å². The number of phenols is 1. The smallest absolute Gasteiger partial charge is 0.248 e. The van der Waals surface area contributed by atoms with E-state index in [4.69, 9.17) is 18.9 Å². The van der Waals surface area contributed by atoms with E-state index in [9.17, 15) is 5.11 Å². The van der Waals surface area contributed by atoms with Crippen molar-refractivity contribution >= 4 is 39.0 Å². The molecule has 2 aliphatic rings. The second kappa shape index (κ2) is 17.5. The standard InChI is InChI=1S/C60H50N4O4/c1-6-50-36(2)31-44(22-19-39-17-20-40(21-18-39)58-61-38(4)37(3)57(67-58)45-11-9-13-48(65)32-45)54-34-42(25-29-51(50)54)43-26-30-53-52-15-7-8-16-55(52)64(56(53)35-43)47-27-23-41(24-28-47)59-62-63-60(68-59)46-12-10-14-49(33-46)66-5/h6-18,20-21,23-30,32-35,38,44,65H,1,19,22,31H2,2-5H3. The quantitative estimate of drug-likeness (QED) is 0.139. The number of methoxy groups -OCH3 is 1. The SMILES string of the molecule is C=CC1=C(C)CC(CCc2ccc(C3=NC(C)C(C)=C(c4cccc(O)c4)O3)cc2)c2cc(-c3ccc4c5ccccc5n(-c5ccc(-c6nnc(-c7cccc(OC)c7)o6)cc5)c4c3)ccc21. The van der Waals surface area contributed by atoms with E-state index >= 15 is 0 Å². The maximum absolute atomic E-state index is 10.2. The Morgan fingerprint density at radius 3 is 2.21 bits per heavy atom. The van der Waals surface area contributed by atoms with Crippen LogP contribution in [0, 0.1) is 0 Å². The van der Waals surface area contributed by atoms with Crippen molar-refractivity contribution in [1.82, 2.24) is 14.8 Å². The maximum Gasteiger partial charge on any atom is 0.248 e. The third-order valence-corrected chi connectivity index (χ3v) is 13.7. The average molecular weight is 891 g/mol. The molecule has 8 nitrogen and oxygen atoms in total. The number of aromatic nitrogens is 3. The van der Waals surface area contributed by atoms with Gasteiger partial charge in [0.15, 0.2) is 0 Å². The lowest BCUT2D eigenvalue weighted by atomic mass is 9.76. The number of fused-ring (bicyclic) bond motifs is 4. The minimum Gasteiger partial charge on any atom is -0.508 e. The molecule has 1 aliphatic heterocycles. The van der Waals surface area contributed by atoms with Gasteiger partial charge < -0.3 is 23.6 Å². The van der Waals surface area contributed by atoms with Crippen molar-refractivity contribution in [2.24, 2.45) is 4.99 Å². The number of phenolic OH excluding ortho intramolecular Hbond substituents is 1. The average Bonchev–Trinajstić information content (AvgIpc) is 4.00. The molecule has 7 aromatic carbocycles. The van der Waals surface area contributed by atoms with Crippen LogP contribution >= 0.6 is 0 Å². The number of hydrogen-bond acceptors (Lipinski definition) is 7. The number of allylic oxidation sites excluding steroid dienone is 3. The molecule has 0 bridgehead atoms. The van der Waals surface area contributed by atoms with Crippen LogP contribution in [-0.4, -0.2) is 38.9 Å². The summed E-state index contributed by atoms with van der Waals surface area (Å²) in [7, 11) is 1.64. The summed E-state index contributed by atoms with van der Waals surface area (Å²) in [5.74, 6) is 3.52. The molecule has 0 saturated heterocycles. The highest BCUT2D eigenvalue weighted by Crippen LogP contribution is 2.44. The molecule has 0 radical (unpaired) electrons. The molecule has 2 aromatic heterocycles. The fourth-order valence-corrected chi connectivity index (χ4v) is 9.97. The van der Waals surface area contributed by atoms with Crippen molar-refractivity contribution in [3.8, 4) is 51.2 Å². The van der Waals surface area contributed by atoms with Gasteiger partial charge in [-0.1, -0.05) is 97.1 Å². The normalized spacial score (nSPS) is 15.9. The molecule has 334 valence electrons. The molecule has 0 spiro atoms. The van der Waals surface area contributed by atoms with E-state index in [2.05, 4.69) is 132 Å². The first-order valence-corrected chi connectivity index (χ1v) is 23.2. The lowest BCUT2D eigenvalue weighted by Crippen LogP contribution is -2.19. The Morgan fingerprint density at radius 2 is 1.41 bits per heavy atom. The van der Waals surface area contributed by atoms with E-state index < -0.39 is 0 Å². The molecule has 2 atom stereocenters. The molecule has 3 heterocycles. The number of para-hydroxylation sites is 1. The van der Waals surface area contributed by atoms with E-state index in [-0.39, 0.29) is 11.8 Å². The highest BCUT2D eigenvalue weighted by atomic mass is 16.5. The van der Waals surface area contributed by atoms with Gasteiger partial charge in [-0.2, -0.15) is 0 Å². The van der Waals surface area contributed by atoms with Gasteiger partial charge in [0.05, 0.1) is 24.2 Å². The van der Waals surface area contributed by atoms with Gasteiger partial charge in [0.25, 0.3) is 0 Å². The van der Waals surface area contributed by atoms with E-state index in [1.54, 1.807) is 19.2 Å². The first-order valence-electron chi connectivity index (χ1n) is 23.2. The van der Waals surface area contributed by atoms with Crippen molar-refractivity contribution in [2.45, 2.75) is 52.0 Å². The topological polar surface area (TPSA) is 94.9 Å². The lowest BCUT2D eigenvalue weighted by Gasteiger charge is -2.29. The van der Waals surface area contributed by atoms with Gasteiger partial charge in [-0.25, -0.2) is 4.99 Å². The second-order valence-electron chi connectivity index (χ2n) is 17.9. The number of hydrogen-bond donors (Lipinski definition) is 1. The summed E-state index contributed by atoms with van der Waals surface area (Å²) in [5, 5.41) is 21.3. The fourth-order valence-electron chi connectivity index (χ4n) is 9.97. The molecule has 1 aliphatic carbocycles. The zero-order chi connectivity index (χ0) is 46.5. The van der Waals surface area contributed by atoms with Crippen molar-refractivity contribution in [2.75, 3.05) is 7.11 Å². The number of aromatic hydroxyl groups is 1. The third kappa shape index (κ3) is 7.77. The van der Waals surface area contributed by atoms with Gasteiger partial charge in [0.2, 0.25) is 17.7 Å². The minimum atomic E-state index is -0.0424. The molecule has 0 fully saturated rings. The Morgan fingerprint density at radius 1 is 0.706 bits per heavy atom. The van der Waals surface area contributed by atoms with E-state index in [1.807, 2.05) is 61.5 Å². The van der Waals surface area contributed by atoms with Crippen molar-refractivity contribution < 1.29 is 19.0 Å². The first-order chi connectivity index (χ1) is 33.2. The predicted octanol–water partition coefficient (Wildman–Crippen LogP) is 14.6. The molecule has 68 heavy (non-hydrogen) atoms. The van der Waals surface area contributed by atoms with Gasteiger partial charge in [0, 0.05) is 38.7 Å². The highest BCUT2D eigenvalue weighted by molar-refractivity contribution is 6.10. The molecule has 8 heteroatoms. The number of rotatable bonds is 11. The molecule has 1 N–H and O–H groups in total. The van der Waals surface area contributed by atoms with Crippen LogP contribution in [0.15, 0.2) is 191 Å². The molecular weight excluding hydrogens is 841 g/mol. The van der Waals surface area contributed by atoms with Crippen LogP contribution in [0.5, 0.6) is 11.5 Å². The Bertz CT molecular complexity index is 3520. The third-order valence-electron chi connectivity index (χ3n) is 13.7. The van der Waals surface area contributed by atoms with Gasteiger partial charge in [-0.15, -0.1) is 10.2 Å². The largest absolute Gasteiger partial charge is 0.508 e. The van der Waals surface area contributed by atoms with Gasteiger partial charge in [-0.3, -0.25) is 0 Å². The monoisotopic (exact) mass is 890 g/mol. The number of aliphatic imine (C=N–C) groups is 1. The minimum absolute atomic E-state index is 0.0424. The van der Waals surface area contributed by atoms with Crippen LogP contribution in [0.2, 0.25) is 0 Å². The summed E-state index contributed by atoms with van der Waals surface area (Å²) >= 11 is 0. The Hall–Kier alpha value is -8.23. The van der Waals surface area contributed by atoms with E-state index in [1.165, 1.54) is 44.2 Å².